The number of benzene rings is 4. The number of nitrogens with zero attached hydrogens (tertiary/aromatic N) is 6. The summed E-state index contributed by atoms with van der Waals surface area (Å²) < 4.78 is 3.37. The van der Waals surface area contributed by atoms with Gasteiger partial charge in [-0.2, -0.15) is 0 Å². The van der Waals surface area contributed by atoms with E-state index >= 15 is 4.79 Å². The van der Waals surface area contributed by atoms with Gasteiger partial charge >= 0.3 is 0 Å². The van der Waals surface area contributed by atoms with Crippen molar-refractivity contribution in [2.24, 2.45) is 0 Å². The van der Waals surface area contributed by atoms with E-state index in [9.17, 15) is 9.59 Å². The molecule has 0 unspecified atom stereocenters. The summed E-state index contributed by atoms with van der Waals surface area (Å²) in [6.07, 6.45) is 2.93. The molecule has 1 aliphatic carbocycles. The van der Waals surface area contributed by atoms with Gasteiger partial charge in [-0.15, -0.1) is 0 Å². The smallest absolute Gasteiger partial charge is 0.280 e. The minimum atomic E-state index is -1.01. The summed E-state index contributed by atoms with van der Waals surface area (Å²) in [5, 5.41) is 5.05. The van der Waals surface area contributed by atoms with E-state index in [4.69, 9.17) is 9.97 Å². The molecule has 0 radical (unpaired) electrons. The van der Waals surface area contributed by atoms with Crippen LogP contribution in [0.5, 0.6) is 0 Å². The van der Waals surface area contributed by atoms with Crippen LogP contribution in [-0.4, -0.2) is 36.2 Å². The Hall–Kier alpha value is -5.57. The molecule has 2 aliphatic heterocycles. The van der Waals surface area contributed by atoms with E-state index in [0.29, 0.717) is 59.1 Å². The third kappa shape index (κ3) is 3.95. The SMILES string of the molecule is CCc1nc2ccccc2c(=O)n1N1[C@@H](c2ccccc2)[C@@]12CCC[C@]1(C2=O)[C@H](c2ccccc2)N1n1c(CC)nc2ccccc2c1=O. The molecule has 2 saturated heterocycles. The third-order valence-corrected chi connectivity index (χ3v) is 10.9. The van der Waals surface area contributed by atoms with Gasteiger partial charge in [0.05, 0.1) is 21.8 Å². The Labute approximate surface area is 283 Å². The van der Waals surface area contributed by atoms with Crippen LogP contribution < -0.4 is 21.1 Å². The van der Waals surface area contributed by atoms with Gasteiger partial charge in [0.25, 0.3) is 11.1 Å². The van der Waals surface area contributed by atoms with Gasteiger partial charge in [-0.3, -0.25) is 24.4 Å². The van der Waals surface area contributed by atoms with Crippen molar-refractivity contribution < 1.29 is 4.79 Å². The maximum Gasteiger partial charge on any atom is 0.280 e. The number of aromatic nitrogens is 4. The lowest BCUT2D eigenvalue weighted by atomic mass is 9.73. The van der Waals surface area contributed by atoms with E-state index in [1.165, 1.54) is 0 Å². The van der Waals surface area contributed by atoms with E-state index in [1.54, 1.807) is 21.5 Å². The average molecular weight is 649 g/mol. The Morgan fingerprint density at radius 1 is 0.571 bits per heavy atom. The lowest BCUT2D eigenvalue weighted by Gasteiger charge is -2.30. The first-order valence-electron chi connectivity index (χ1n) is 17.2. The number of hydrogen-bond acceptors (Lipinski definition) is 7. The minimum absolute atomic E-state index is 0.0261. The first-order chi connectivity index (χ1) is 24.0. The molecule has 9 rings (SSSR count). The molecule has 244 valence electrons. The van der Waals surface area contributed by atoms with Crippen LogP contribution in [0.3, 0.4) is 0 Å². The fraction of sp³-hybridized carbons (Fsp3) is 0.275. The van der Waals surface area contributed by atoms with Crippen molar-refractivity contribution >= 4 is 27.6 Å². The second-order valence-electron chi connectivity index (χ2n) is 13.4. The molecule has 0 bridgehead atoms. The molecule has 4 aromatic carbocycles. The van der Waals surface area contributed by atoms with E-state index in [-0.39, 0.29) is 29.0 Å². The van der Waals surface area contributed by atoms with E-state index in [1.807, 2.05) is 121 Å². The van der Waals surface area contributed by atoms with Crippen molar-refractivity contribution in [1.82, 2.24) is 19.3 Å². The Balaban J connectivity index is 1.27. The Bertz CT molecular complexity index is 2240. The first-order valence-corrected chi connectivity index (χ1v) is 17.2. The Morgan fingerprint density at radius 3 is 1.37 bits per heavy atom. The normalized spacial score (nSPS) is 24.3. The molecular weight excluding hydrogens is 612 g/mol. The fourth-order valence-corrected chi connectivity index (χ4v) is 8.76. The first kappa shape index (κ1) is 29.6. The van der Waals surface area contributed by atoms with Crippen LogP contribution >= 0.6 is 0 Å². The van der Waals surface area contributed by atoms with Crippen LogP contribution in [0.1, 0.15) is 68.0 Å². The summed E-state index contributed by atoms with van der Waals surface area (Å²) in [5.74, 6) is 1.26. The summed E-state index contributed by atoms with van der Waals surface area (Å²) in [6.45, 7) is 3.98. The summed E-state index contributed by atoms with van der Waals surface area (Å²) in [7, 11) is 0. The molecule has 4 atom stereocenters. The zero-order valence-electron chi connectivity index (χ0n) is 27.5. The van der Waals surface area contributed by atoms with Crippen LogP contribution in [0.25, 0.3) is 21.8 Å². The molecular formula is C40H36N6O3. The number of carbonyl (C=O) groups is 1. The molecule has 1 saturated carbocycles. The van der Waals surface area contributed by atoms with Crippen LogP contribution in [0.15, 0.2) is 119 Å². The zero-order valence-corrected chi connectivity index (χ0v) is 27.5. The number of rotatable bonds is 6. The number of Topliss-reactive ketones (excluding diaryl/α,β-unsaturated/α-hetero) is 1. The van der Waals surface area contributed by atoms with Gasteiger partial charge in [-0.05, 0) is 54.7 Å². The summed E-state index contributed by atoms with van der Waals surface area (Å²) >= 11 is 0. The quantitative estimate of drug-likeness (QED) is 0.219. The van der Waals surface area contributed by atoms with Crippen molar-refractivity contribution in [1.29, 1.82) is 0 Å². The fourth-order valence-electron chi connectivity index (χ4n) is 8.76. The molecule has 6 aromatic rings. The second-order valence-corrected chi connectivity index (χ2v) is 13.4. The minimum Gasteiger partial charge on any atom is -0.294 e. The maximum absolute atomic E-state index is 15.8. The number of aryl methyl sites for hydroxylation is 2. The zero-order chi connectivity index (χ0) is 33.5. The van der Waals surface area contributed by atoms with E-state index in [0.717, 1.165) is 17.5 Å². The van der Waals surface area contributed by atoms with Gasteiger partial charge in [0, 0.05) is 12.8 Å². The van der Waals surface area contributed by atoms with E-state index < -0.39 is 11.1 Å². The van der Waals surface area contributed by atoms with Crippen LogP contribution in [-0.2, 0) is 17.6 Å². The molecule has 4 heterocycles. The number of hydrogen-bond donors (Lipinski definition) is 0. The monoisotopic (exact) mass is 648 g/mol. The van der Waals surface area contributed by atoms with Crippen molar-refractivity contribution in [2.45, 2.75) is 69.1 Å². The van der Waals surface area contributed by atoms with Gasteiger partial charge in [0.1, 0.15) is 34.8 Å². The lowest BCUT2D eigenvalue weighted by Crippen LogP contribution is -2.52. The van der Waals surface area contributed by atoms with Crippen molar-refractivity contribution in [2.75, 3.05) is 10.0 Å². The van der Waals surface area contributed by atoms with Crippen LogP contribution in [0.2, 0.25) is 0 Å². The number of para-hydroxylation sites is 2. The number of carbonyl (C=O) groups excluding carboxylic acids is 1. The number of fused-ring (bicyclic) bond motifs is 2. The predicted molar refractivity (Wildman–Crippen MR) is 190 cm³/mol. The predicted octanol–water partition coefficient (Wildman–Crippen LogP) is 5.55. The van der Waals surface area contributed by atoms with Gasteiger partial charge in [0.15, 0.2) is 5.78 Å². The molecule has 9 heteroatoms. The van der Waals surface area contributed by atoms with Crippen molar-refractivity contribution in [3.05, 3.63) is 153 Å². The largest absolute Gasteiger partial charge is 0.294 e. The molecule has 0 N–H and O–H groups in total. The topological polar surface area (TPSA) is 92.9 Å². The van der Waals surface area contributed by atoms with Crippen molar-refractivity contribution in [3.63, 3.8) is 0 Å². The second kappa shape index (κ2) is 10.7. The number of ketones is 1. The Morgan fingerprint density at radius 2 is 0.959 bits per heavy atom. The molecule has 49 heavy (non-hydrogen) atoms. The molecule has 9 nitrogen and oxygen atoms in total. The molecule has 2 spiro atoms. The highest BCUT2D eigenvalue weighted by Gasteiger charge is 2.82. The van der Waals surface area contributed by atoms with Crippen molar-refractivity contribution in [3.8, 4) is 0 Å². The summed E-state index contributed by atoms with van der Waals surface area (Å²) in [6, 6.07) is 34.1. The molecule has 2 aromatic heterocycles. The van der Waals surface area contributed by atoms with Gasteiger partial charge < -0.3 is 0 Å². The highest BCUT2D eigenvalue weighted by molar-refractivity contribution is 6.09. The standard InChI is InChI=1S/C40H36N6O3/c1-3-32-41-30-22-13-11-20-28(30)36(47)43(32)45-34(26-16-7-5-8-17-26)39(45)24-15-25-40(38(39)49)35(27-18-9-6-10-19-27)46(40)44-33(4-2)42-31-23-14-12-21-29(31)37(44)48/h5-14,16-23,34-35H,3-4,15,24-25H2,1-2H3/t34-,35-,39+,40+,45?,46?/m0/s1. The highest BCUT2D eigenvalue weighted by atomic mass is 16.2. The van der Waals surface area contributed by atoms with Crippen LogP contribution in [0, 0.1) is 0 Å². The average Bonchev–Trinajstić information content (AvgIpc) is 4.01. The molecule has 0 amide bonds. The molecule has 3 aliphatic rings. The van der Waals surface area contributed by atoms with Gasteiger partial charge in [-0.1, -0.05) is 98.8 Å². The third-order valence-electron chi connectivity index (χ3n) is 10.9. The highest BCUT2D eigenvalue weighted by Crippen LogP contribution is 2.66. The van der Waals surface area contributed by atoms with Gasteiger partial charge in [-0.25, -0.2) is 19.3 Å². The van der Waals surface area contributed by atoms with Crippen LogP contribution in [0.4, 0.5) is 0 Å². The Kier molecular flexibility index (Phi) is 6.47. The van der Waals surface area contributed by atoms with E-state index in [2.05, 4.69) is 0 Å². The lowest BCUT2D eigenvalue weighted by molar-refractivity contribution is -0.125. The van der Waals surface area contributed by atoms with Gasteiger partial charge in [0.2, 0.25) is 0 Å². The summed E-state index contributed by atoms with van der Waals surface area (Å²) in [5.41, 5.74) is 0.846. The molecule has 3 fully saturated rings. The maximum atomic E-state index is 15.8. The summed E-state index contributed by atoms with van der Waals surface area (Å²) in [4.78, 5) is 54.5.